The lowest BCUT2D eigenvalue weighted by atomic mass is 10.2. The zero-order chi connectivity index (χ0) is 20.3. The average molecular weight is 402 g/mol. The molecule has 1 aromatic carbocycles. The maximum Gasteiger partial charge on any atom is 0.267 e. The summed E-state index contributed by atoms with van der Waals surface area (Å²) >= 11 is 0. The van der Waals surface area contributed by atoms with Gasteiger partial charge in [0.15, 0.2) is 5.82 Å². The molecule has 10 nitrogen and oxygen atoms in total. The van der Waals surface area contributed by atoms with Crippen LogP contribution in [0.25, 0.3) is 5.82 Å². The first kappa shape index (κ1) is 19.5. The Morgan fingerprint density at radius 1 is 1.21 bits per heavy atom. The molecule has 3 rings (SSSR count). The maximum atomic E-state index is 12.4. The van der Waals surface area contributed by atoms with Crippen LogP contribution < -0.4 is 16.0 Å². The molecule has 0 aliphatic rings. The van der Waals surface area contributed by atoms with Gasteiger partial charge >= 0.3 is 0 Å². The van der Waals surface area contributed by atoms with E-state index in [-0.39, 0.29) is 11.4 Å². The molecule has 1 amide bonds. The van der Waals surface area contributed by atoms with E-state index in [1.807, 2.05) is 0 Å². The highest BCUT2D eigenvalue weighted by atomic mass is 32.2. The molecule has 2 heterocycles. The summed E-state index contributed by atoms with van der Waals surface area (Å²) in [7, 11) is -3.77. The van der Waals surface area contributed by atoms with Gasteiger partial charge in [0.25, 0.3) is 5.56 Å². The van der Waals surface area contributed by atoms with Gasteiger partial charge in [-0.1, -0.05) is 12.1 Å². The summed E-state index contributed by atoms with van der Waals surface area (Å²) in [5.41, 5.74) is 0.259. The fraction of sp³-hybridized carbons (Fsp3) is 0.176. The molecule has 3 aromatic rings. The van der Waals surface area contributed by atoms with Crippen LogP contribution in [0.15, 0.2) is 64.5 Å². The first-order valence-corrected chi connectivity index (χ1v) is 9.79. The minimum absolute atomic E-state index is 0.0119. The summed E-state index contributed by atoms with van der Waals surface area (Å²) < 4.78 is 25.1. The summed E-state index contributed by atoms with van der Waals surface area (Å²) in [5.74, 6) is -0.00873. The van der Waals surface area contributed by atoms with E-state index in [0.717, 1.165) is 4.68 Å². The van der Waals surface area contributed by atoms with Gasteiger partial charge in [-0.2, -0.15) is 5.10 Å². The second kappa shape index (κ2) is 7.74. The predicted molar refractivity (Wildman–Crippen MR) is 100.0 cm³/mol. The van der Waals surface area contributed by atoms with Gasteiger partial charge in [-0.3, -0.25) is 9.59 Å². The number of sulfonamides is 1. The first-order chi connectivity index (χ1) is 13.3. The zero-order valence-corrected chi connectivity index (χ0v) is 15.7. The predicted octanol–water partition coefficient (Wildman–Crippen LogP) is -0.0462. The first-order valence-electron chi connectivity index (χ1n) is 8.25. The number of carbonyl (C=O) groups excluding carboxylic acids is 1. The highest BCUT2D eigenvalue weighted by Gasteiger charge is 2.18. The molecule has 146 valence electrons. The number of nitrogens with zero attached hydrogens (tertiary/aromatic N) is 4. The lowest BCUT2D eigenvalue weighted by Crippen LogP contribution is -2.37. The second-order valence-corrected chi connectivity index (χ2v) is 7.57. The maximum absolute atomic E-state index is 12.4. The number of carbonyl (C=O) groups is 1. The van der Waals surface area contributed by atoms with Crippen LogP contribution in [0.4, 0.5) is 0 Å². The van der Waals surface area contributed by atoms with Crippen LogP contribution in [0, 0.1) is 0 Å². The normalized spacial score (nSPS) is 12.5. The summed E-state index contributed by atoms with van der Waals surface area (Å²) in [4.78, 5) is 24.5. The molecule has 0 spiro atoms. The molecule has 3 N–H and O–H groups in total. The minimum atomic E-state index is -3.77. The molecule has 0 saturated carbocycles. The molecule has 0 fully saturated rings. The second-order valence-electron chi connectivity index (χ2n) is 6.01. The van der Waals surface area contributed by atoms with Gasteiger partial charge < -0.3 is 5.32 Å². The fourth-order valence-corrected chi connectivity index (χ4v) is 2.98. The third-order valence-corrected chi connectivity index (χ3v) is 4.94. The highest BCUT2D eigenvalue weighted by Crippen LogP contribution is 2.09. The van der Waals surface area contributed by atoms with Crippen molar-refractivity contribution in [2.24, 2.45) is 5.14 Å². The third kappa shape index (κ3) is 4.32. The van der Waals surface area contributed by atoms with Crippen molar-refractivity contribution in [1.29, 1.82) is 0 Å². The smallest absolute Gasteiger partial charge is 0.267 e. The quantitative estimate of drug-likeness (QED) is 0.592. The molecule has 1 atom stereocenters. The SMILES string of the molecule is CC(C(=O)NCc1ccc(S(N)(=O)=O)cc1)n1nc(-n2cccn2)ccc1=O. The Kier molecular flexibility index (Phi) is 5.38. The molecule has 28 heavy (non-hydrogen) atoms. The van der Waals surface area contributed by atoms with Crippen molar-refractivity contribution in [3.8, 4) is 5.82 Å². The van der Waals surface area contributed by atoms with Gasteiger partial charge in [0, 0.05) is 25.0 Å². The zero-order valence-electron chi connectivity index (χ0n) is 14.9. The van der Waals surface area contributed by atoms with Gasteiger partial charge in [0.05, 0.1) is 4.90 Å². The number of aromatic nitrogens is 4. The van der Waals surface area contributed by atoms with Gasteiger partial charge in [0.1, 0.15) is 6.04 Å². The van der Waals surface area contributed by atoms with Gasteiger partial charge in [-0.15, -0.1) is 5.10 Å². The van der Waals surface area contributed by atoms with Crippen molar-refractivity contribution in [2.75, 3.05) is 0 Å². The van der Waals surface area contributed by atoms with Gasteiger partial charge in [-0.25, -0.2) is 22.9 Å². The summed E-state index contributed by atoms with van der Waals surface area (Å²) in [5, 5.41) is 16.0. The molecule has 1 unspecified atom stereocenters. The Morgan fingerprint density at radius 2 is 1.93 bits per heavy atom. The third-order valence-electron chi connectivity index (χ3n) is 4.02. The van der Waals surface area contributed by atoms with E-state index in [1.165, 1.54) is 28.9 Å². The Balaban J connectivity index is 1.71. The molecular weight excluding hydrogens is 384 g/mol. The number of hydrogen-bond donors (Lipinski definition) is 2. The number of nitrogens with two attached hydrogens (primary N) is 1. The van der Waals surface area contributed by atoms with Crippen LogP contribution in [0.1, 0.15) is 18.5 Å². The summed E-state index contributed by atoms with van der Waals surface area (Å²) in [6, 6.07) is 9.52. The number of hydrogen-bond acceptors (Lipinski definition) is 6. The number of nitrogens with one attached hydrogen (secondary N) is 1. The Morgan fingerprint density at radius 3 is 2.54 bits per heavy atom. The summed E-state index contributed by atoms with van der Waals surface area (Å²) in [6.07, 6.45) is 3.25. The van der Waals surface area contributed by atoms with E-state index >= 15 is 0 Å². The van der Waals surface area contributed by atoms with Gasteiger partial charge in [0.2, 0.25) is 15.9 Å². The topological polar surface area (TPSA) is 142 Å². The standard InChI is InChI=1S/C17H18N6O4S/c1-12(23-16(24)8-7-15(21-23)22-10-2-9-20-22)17(25)19-11-13-3-5-14(6-4-13)28(18,26)27/h2-10,12H,11H2,1H3,(H,19,25)(H2,18,26,27). The number of benzene rings is 1. The van der Waals surface area contributed by atoms with Crippen LogP contribution in [-0.2, 0) is 21.4 Å². The highest BCUT2D eigenvalue weighted by molar-refractivity contribution is 7.89. The molecule has 2 aromatic heterocycles. The number of amides is 1. The lowest BCUT2D eigenvalue weighted by molar-refractivity contribution is -0.124. The van der Waals surface area contributed by atoms with Crippen LogP contribution in [0.2, 0.25) is 0 Å². The van der Waals surface area contributed by atoms with Crippen molar-refractivity contribution >= 4 is 15.9 Å². The monoisotopic (exact) mass is 402 g/mol. The van der Waals surface area contributed by atoms with E-state index in [9.17, 15) is 18.0 Å². The van der Waals surface area contributed by atoms with Crippen molar-refractivity contribution in [1.82, 2.24) is 24.9 Å². The van der Waals surface area contributed by atoms with Crippen molar-refractivity contribution in [3.05, 3.63) is 70.8 Å². The van der Waals surface area contributed by atoms with E-state index in [0.29, 0.717) is 11.4 Å². The van der Waals surface area contributed by atoms with Crippen molar-refractivity contribution in [2.45, 2.75) is 24.4 Å². The molecular formula is C17H18N6O4S. The van der Waals surface area contributed by atoms with Crippen LogP contribution in [0.5, 0.6) is 0 Å². The van der Waals surface area contributed by atoms with Gasteiger partial charge in [-0.05, 0) is 36.8 Å². The number of primary sulfonamides is 1. The van der Waals surface area contributed by atoms with E-state index < -0.39 is 27.5 Å². The van der Waals surface area contributed by atoms with Crippen LogP contribution >= 0.6 is 0 Å². The Labute approximate surface area is 160 Å². The molecule has 0 saturated heterocycles. The average Bonchev–Trinajstić information content (AvgIpc) is 3.20. The largest absolute Gasteiger partial charge is 0.350 e. The summed E-state index contributed by atoms with van der Waals surface area (Å²) in [6.45, 7) is 1.71. The molecule has 11 heteroatoms. The van der Waals surface area contributed by atoms with E-state index in [2.05, 4.69) is 15.5 Å². The number of rotatable bonds is 6. The lowest BCUT2D eigenvalue weighted by Gasteiger charge is -2.15. The molecule has 0 aliphatic carbocycles. The minimum Gasteiger partial charge on any atom is -0.350 e. The van der Waals surface area contributed by atoms with Crippen molar-refractivity contribution < 1.29 is 13.2 Å². The molecule has 0 aliphatic heterocycles. The Hall–Kier alpha value is -3.31. The van der Waals surface area contributed by atoms with E-state index in [4.69, 9.17) is 5.14 Å². The molecule has 0 bridgehead atoms. The van der Waals surface area contributed by atoms with Crippen LogP contribution in [-0.4, -0.2) is 33.9 Å². The fourth-order valence-electron chi connectivity index (χ4n) is 2.46. The van der Waals surface area contributed by atoms with E-state index in [1.54, 1.807) is 37.5 Å². The molecule has 0 radical (unpaired) electrons. The van der Waals surface area contributed by atoms with Crippen LogP contribution in [0.3, 0.4) is 0 Å². The van der Waals surface area contributed by atoms with Crippen molar-refractivity contribution in [3.63, 3.8) is 0 Å². The Bertz CT molecular complexity index is 1140.